The Morgan fingerprint density at radius 3 is 2.61 bits per heavy atom. The van der Waals surface area contributed by atoms with E-state index in [9.17, 15) is 0 Å². The summed E-state index contributed by atoms with van der Waals surface area (Å²) in [6.07, 6.45) is 2.11. The third kappa shape index (κ3) is 2.30. The molecule has 0 fully saturated rings. The molecule has 98 valence electrons. The smallest absolute Gasteiger partial charge is 0.212 e. The SMILES string of the molecule is CCC(CC)c1c(CN)nnn1-c1nc(C)cs1. The zero-order valence-corrected chi connectivity index (χ0v) is 11.9. The predicted octanol–water partition coefficient (Wildman–Crippen LogP) is 2.39. The number of thiazole rings is 1. The Morgan fingerprint density at radius 2 is 2.11 bits per heavy atom. The molecule has 0 bridgehead atoms. The van der Waals surface area contributed by atoms with Crippen molar-refractivity contribution < 1.29 is 0 Å². The quantitative estimate of drug-likeness (QED) is 0.901. The van der Waals surface area contributed by atoms with Crippen LogP contribution in [0.25, 0.3) is 5.13 Å². The van der Waals surface area contributed by atoms with Gasteiger partial charge in [0.05, 0.1) is 11.4 Å². The van der Waals surface area contributed by atoms with Crippen LogP contribution in [0.5, 0.6) is 0 Å². The molecule has 0 saturated carbocycles. The van der Waals surface area contributed by atoms with Gasteiger partial charge < -0.3 is 5.73 Å². The summed E-state index contributed by atoms with van der Waals surface area (Å²) in [5.74, 6) is 0.433. The van der Waals surface area contributed by atoms with E-state index in [1.807, 2.05) is 17.0 Å². The molecular weight excluding hydrogens is 246 g/mol. The minimum absolute atomic E-state index is 0.427. The molecule has 0 atom stereocenters. The van der Waals surface area contributed by atoms with Gasteiger partial charge in [-0.3, -0.25) is 0 Å². The van der Waals surface area contributed by atoms with Gasteiger partial charge in [-0.25, -0.2) is 4.98 Å². The Balaban J connectivity index is 2.51. The average Bonchev–Trinajstić information content (AvgIpc) is 2.97. The van der Waals surface area contributed by atoms with Crippen LogP contribution in [0.15, 0.2) is 5.38 Å². The lowest BCUT2D eigenvalue weighted by Gasteiger charge is -2.14. The zero-order chi connectivity index (χ0) is 13.1. The first-order valence-electron chi connectivity index (χ1n) is 6.28. The molecule has 0 saturated heterocycles. The van der Waals surface area contributed by atoms with Gasteiger partial charge in [-0.1, -0.05) is 19.1 Å². The molecule has 2 aromatic heterocycles. The Morgan fingerprint density at radius 1 is 1.39 bits per heavy atom. The second-order valence-electron chi connectivity index (χ2n) is 4.32. The second kappa shape index (κ2) is 5.58. The van der Waals surface area contributed by atoms with E-state index in [-0.39, 0.29) is 0 Å². The minimum Gasteiger partial charge on any atom is -0.325 e. The largest absolute Gasteiger partial charge is 0.325 e. The highest BCUT2D eigenvalue weighted by Gasteiger charge is 2.21. The van der Waals surface area contributed by atoms with Crippen LogP contribution in [0.2, 0.25) is 0 Å². The number of aromatic nitrogens is 4. The summed E-state index contributed by atoms with van der Waals surface area (Å²) in [6, 6.07) is 0. The third-order valence-corrected chi connectivity index (χ3v) is 4.07. The molecule has 0 radical (unpaired) electrons. The lowest BCUT2D eigenvalue weighted by atomic mass is 9.97. The molecule has 0 spiro atoms. The topological polar surface area (TPSA) is 69.6 Å². The highest BCUT2D eigenvalue weighted by atomic mass is 32.1. The number of aryl methyl sites for hydroxylation is 1. The van der Waals surface area contributed by atoms with Crippen molar-refractivity contribution in [2.75, 3.05) is 0 Å². The lowest BCUT2D eigenvalue weighted by molar-refractivity contribution is 0.590. The monoisotopic (exact) mass is 265 g/mol. The first kappa shape index (κ1) is 13.2. The fourth-order valence-electron chi connectivity index (χ4n) is 2.13. The van der Waals surface area contributed by atoms with Crippen molar-refractivity contribution in [3.63, 3.8) is 0 Å². The molecular formula is C12H19N5S. The molecule has 0 aliphatic heterocycles. The normalized spacial score (nSPS) is 11.4. The van der Waals surface area contributed by atoms with E-state index in [0.717, 1.165) is 35.1 Å². The van der Waals surface area contributed by atoms with Gasteiger partial charge in [0.2, 0.25) is 5.13 Å². The van der Waals surface area contributed by atoms with Crippen molar-refractivity contribution in [2.45, 2.75) is 46.1 Å². The highest BCUT2D eigenvalue weighted by molar-refractivity contribution is 7.12. The van der Waals surface area contributed by atoms with E-state index in [4.69, 9.17) is 5.73 Å². The van der Waals surface area contributed by atoms with Crippen LogP contribution >= 0.6 is 11.3 Å². The van der Waals surface area contributed by atoms with E-state index in [0.29, 0.717) is 12.5 Å². The first-order chi connectivity index (χ1) is 8.71. The van der Waals surface area contributed by atoms with Gasteiger partial charge in [-0.05, 0) is 19.8 Å². The van der Waals surface area contributed by atoms with Crippen LogP contribution in [0.1, 0.15) is 49.7 Å². The molecule has 2 rings (SSSR count). The number of rotatable bonds is 5. The summed E-state index contributed by atoms with van der Waals surface area (Å²) in [7, 11) is 0. The van der Waals surface area contributed by atoms with Crippen LogP contribution in [0.4, 0.5) is 0 Å². The fraction of sp³-hybridized carbons (Fsp3) is 0.583. The second-order valence-corrected chi connectivity index (χ2v) is 5.16. The van der Waals surface area contributed by atoms with Crippen LogP contribution in [0, 0.1) is 6.92 Å². The maximum absolute atomic E-state index is 5.76. The van der Waals surface area contributed by atoms with Gasteiger partial charge >= 0.3 is 0 Å². The molecule has 0 unspecified atom stereocenters. The standard InChI is InChI=1S/C12H19N5S/c1-4-9(5-2)11-10(6-13)15-16-17(11)12-14-8(3)7-18-12/h7,9H,4-6,13H2,1-3H3. The number of nitrogens with zero attached hydrogens (tertiary/aromatic N) is 4. The molecule has 5 nitrogen and oxygen atoms in total. The van der Waals surface area contributed by atoms with Crippen molar-refractivity contribution in [1.82, 2.24) is 20.0 Å². The van der Waals surface area contributed by atoms with Crippen molar-refractivity contribution >= 4 is 11.3 Å². The summed E-state index contributed by atoms with van der Waals surface area (Å²) in [6.45, 7) is 6.77. The van der Waals surface area contributed by atoms with Crippen molar-refractivity contribution in [3.05, 3.63) is 22.5 Å². The summed E-state index contributed by atoms with van der Waals surface area (Å²) >= 11 is 1.59. The van der Waals surface area contributed by atoms with Gasteiger partial charge in [0.15, 0.2) is 0 Å². The van der Waals surface area contributed by atoms with Crippen molar-refractivity contribution in [1.29, 1.82) is 0 Å². The van der Waals surface area contributed by atoms with E-state index in [2.05, 4.69) is 29.1 Å². The van der Waals surface area contributed by atoms with E-state index in [1.54, 1.807) is 11.3 Å². The maximum atomic E-state index is 5.76. The van der Waals surface area contributed by atoms with Gasteiger partial charge in [-0.2, -0.15) is 4.68 Å². The maximum Gasteiger partial charge on any atom is 0.212 e. The predicted molar refractivity (Wildman–Crippen MR) is 73.0 cm³/mol. The number of hydrogen-bond donors (Lipinski definition) is 1. The van der Waals surface area contributed by atoms with Gasteiger partial charge in [-0.15, -0.1) is 16.4 Å². The number of nitrogens with two attached hydrogens (primary N) is 1. The molecule has 18 heavy (non-hydrogen) atoms. The van der Waals surface area contributed by atoms with E-state index >= 15 is 0 Å². The van der Waals surface area contributed by atoms with E-state index in [1.165, 1.54) is 0 Å². The van der Waals surface area contributed by atoms with Crippen molar-refractivity contribution in [2.24, 2.45) is 5.73 Å². The molecule has 0 aromatic carbocycles. The summed E-state index contributed by atoms with van der Waals surface area (Å²) in [4.78, 5) is 4.48. The Labute approximate surface area is 111 Å². The Kier molecular flexibility index (Phi) is 4.08. The van der Waals surface area contributed by atoms with Crippen LogP contribution in [-0.2, 0) is 6.54 Å². The van der Waals surface area contributed by atoms with Gasteiger partial charge in [0, 0.05) is 17.8 Å². The molecule has 0 amide bonds. The minimum atomic E-state index is 0.427. The van der Waals surface area contributed by atoms with E-state index < -0.39 is 0 Å². The van der Waals surface area contributed by atoms with Gasteiger partial charge in [0.1, 0.15) is 5.69 Å². The molecule has 6 heteroatoms. The first-order valence-corrected chi connectivity index (χ1v) is 7.16. The average molecular weight is 265 g/mol. The summed E-state index contributed by atoms with van der Waals surface area (Å²) in [5, 5.41) is 11.3. The summed E-state index contributed by atoms with van der Waals surface area (Å²) in [5.41, 5.74) is 8.78. The summed E-state index contributed by atoms with van der Waals surface area (Å²) < 4.78 is 1.86. The highest BCUT2D eigenvalue weighted by Crippen LogP contribution is 2.28. The molecule has 0 aliphatic rings. The zero-order valence-electron chi connectivity index (χ0n) is 11.1. The molecule has 2 N–H and O–H groups in total. The molecule has 2 heterocycles. The fourth-order valence-corrected chi connectivity index (χ4v) is 2.89. The van der Waals surface area contributed by atoms with Crippen molar-refractivity contribution in [3.8, 4) is 5.13 Å². The Hall–Kier alpha value is -1.27. The number of hydrogen-bond acceptors (Lipinski definition) is 5. The third-order valence-electron chi connectivity index (χ3n) is 3.13. The van der Waals surface area contributed by atoms with Gasteiger partial charge in [0.25, 0.3) is 0 Å². The van der Waals surface area contributed by atoms with Crippen LogP contribution < -0.4 is 5.73 Å². The lowest BCUT2D eigenvalue weighted by Crippen LogP contribution is -2.10. The Bertz CT molecular complexity index is 512. The molecule has 0 aliphatic carbocycles. The molecule has 2 aromatic rings. The van der Waals surface area contributed by atoms with Crippen LogP contribution in [0.3, 0.4) is 0 Å². The van der Waals surface area contributed by atoms with Crippen LogP contribution in [-0.4, -0.2) is 20.0 Å².